The van der Waals surface area contributed by atoms with Gasteiger partial charge in [0.25, 0.3) is 5.91 Å². The standard InChI is InChI=1S/C17H23N5O3/c1-12(2)20-16(24)22-7-5-17(11-22)8-14(21-25-17)15(23)19-10-13-4-3-6-18-9-13/h3-4,6,9,12H,5,7-8,10-11H2,1-2H3,(H,19,23)(H,20,24). The van der Waals surface area contributed by atoms with Gasteiger partial charge in [0.2, 0.25) is 0 Å². The number of hydrogen-bond acceptors (Lipinski definition) is 5. The second kappa shape index (κ2) is 7.08. The number of carbonyl (C=O) groups excluding carboxylic acids is 2. The van der Waals surface area contributed by atoms with Crippen molar-refractivity contribution in [3.05, 3.63) is 30.1 Å². The Hall–Kier alpha value is -2.64. The summed E-state index contributed by atoms with van der Waals surface area (Å²) in [5.41, 5.74) is 0.715. The summed E-state index contributed by atoms with van der Waals surface area (Å²) in [6.07, 6.45) is 4.47. The van der Waals surface area contributed by atoms with Crippen LogP contribution in [0.2, 0.25) is 0 Å². The van der Waals surface area contributed by atoms with Crippen molar-refractivity contribution in [1.82, 2.24) is 20.5 Å². The summed E-state index contributed by atoms with van der Waals surface area (Å²) in [6.45, 7) is 5.27. The molecule has 2 N–H and O–H groups in total. The predicted octanol–water partition coefficient (Wildman–Crippen LogP) is 1.04. The molecule has 2 aliphatic heterocycles. The summed E-state index contributed by atoms with van der Waals surface area (Å²) in [7, 11) is 0. The number of pyridine rings is 1. The molecule has 8 nitrogen and oxygen atoms in total. The maximum absolute atomic E-state index is 12.3. The summed E-state index contributed by atoms with van der Waals surface area (Å²) in [5, 5.41) is 9.67. The first kappa shape index (κ1) is 17.2. The molecule has 1 saturated heterocycles. The van der Waals surface area contributed by atoms with Gasteiger partial charge in [-0.15, -0.1) is 0 Å². The van der Waals surface area contributed by atoms with Crippen molar-refractivity contribution >= 4 is 17.6 Å². The van der Waals surface area contributed by atoms with Crippen LogP contribution in [0.1, 0.15) is 32.3 Å². The van der Waals surface area contributed by atoms with E-state index >= 15 is 0 Å². The average Bonchev–Trinajstić information content (AvgIpc) is 3.21. The molecule has 0 aromatic carbocycles. The fraction of sp³-hybridized carbons (Fsp3) is 0.529. The third-order valence-corrected chi connectivity index (χ3v) is 4.29. The summed E-state index contributed by atoms with van der Waals surface area (Å²) < 4.78 is 0. The number of nitrogens with zero attached hydrogens (tertiary/aromatic N) is 3. The van der Waals surface area contributed by atoms with Crippen molar-refractivity contribution in [3.8, 4) is 0 Å². The first-order valence-corrected chi connectivity index (χ1v) is 8.45. The van der Waals surface area contributed by atoms with Crippen LogP contribution in [0.4, 0.5) is 4.79 Å². The Bertz CT molecular complexity index is 676. The largest absolute Gasteiger partial charge is 0.386 e. The summed E-state index contributed by atoms with van der Waals surface area (Å²) in [5.74, 6) is -0.245. The topological polar surface area (TPSA) is 95.9 Å². The number of likely N-dealkylation sites (tertiary alicyclic amines) is 1. The molecule has 1 unspecified atom stereocenters. The summed E-state index contributed by atoms with van der Waals surface area (Å²) in [4.78, 5) is 35.7. The molecule has 0 saturated carbocycles. The smallest absolute Gasteiger partial charge is 0.317 e. The average molecular weight is 345 g/mol. The highest BCUT2D eigenvalue weighted by Crippen LogP contribution is 2.33. The minimum atomic E-state index is -0.574. The Kier molecular flexibility index (Phi) is 4.87. The number of carbonyl (C=O) groups is 2. The summed E-state index contributed by atoms with van der Waals surface area (Å²) >= 11 is 0. The highest BCUT2D eigenvalue weighted by atomic mass is 16.7. The van der Waals surface area contributed by atoms with E-state index in [1.807, 2.05) is 26.0 Å². The van der Waals surface area contributed by atoms with Crippen molar-refractivity contribution in [2.24, 2.45) is 5.16 Å². The lowest BCUT2D eigenvalue weighted by Crippen LogP contribution is -2.44. The molecule has 0 aliphatic carbocycles. The molecule has 1 atom stereocenters. The Morgan fingerprint density at radius 2 is 2.28 bits per heavy atom. The zero-order chi connectivity index (χ0) is 17.9. The number of oxime groups is 1. The normalized spacial score (nSPS) is 22.0. The molecule has 25 heavy (non-hydrogen) atoms. The van der Waals surface area contributed by atoms with E-state index in [-0.39, 0.29) is 18.0 Å². The maximum atomic E-state index is 12.3. The Morgan fingerprint density at radius 1 is 1.44 bits per heavy atom. The number of amides is 3. The molecule has 2 aliphatic rings. The number of hydrogen-bond donors (Lipinski definition) is 2. The molecule has 8 heteroatoms. The Balaban J connectivity index is 1.51. The molecule has 0 bridgehead atoms. The van der Waals surface area contributed by atoms with Crippen LogP contribution in [0.5, 0.6) is 0 Å². The van der Waals surface area contributed by atoms with Crippen molar-refractivity contribution in [2.75, 3.05) is 13.1 Å². The third kappa shape index (κ3) is 4.07. The van der Waals surface area contributed by atoms with E-state index in [1.165, 1.54) is 0 Å². The van der Waals surface area contributed by atoms with Crippen LogP contribution in [-0.4, -0.2) is 52.3 Å². The Labute approximate surface area is 146 Å². The maximum Gasteiger partial charge on any atom is 0.317 e. The predicted molar refractivity (Wildman–Crippen MR) is 91.8 cm³/mol. The summed E-state index contributed by atoms with van der Waals surface area (Å²) in [6, 6.07) is 3.69. The molecule has 1 aromatic rings. The van der Waals surface area contributed by atoms with Crippen LogP contribution < -0.4 is 10.6 Å². The molecule has 1 aromatic heterocycles. The van der Waals surface area contributed by atoms with Crippen molar-refractivity contribution < 1.29 is 14.4 Å². The zero-order valence-corrected chi connectivity index (χ0v) is 14.5. The number of aromatic nitrogens is 1. The SMILES string of the molecule is CC(C)NC(=O)N1CCC2(CC(C(=O)NCc3cccnc3)=NO2)C1. The lowest BCUT2D eigenvalue weighted by atomic mass is 9.96. The molecule has 3 amide bonds. The first-order chi connectivity index (χ1) is 12.0. The molecular weight excluding hydrogens is 322 g/mol. The van der Waals surface area contributed by atoms with Crippen molar-refractivity contribution in [2.45, 2.75) is 44.9 Å². The van der Waals surface area contributed by atoms with E-state index in [0.717, 1.165) is 5.56 Å². The van der Waals surface area contributed by atoms with Crippen molar-refractivity contribution in [1.29, 1.82) is 0 Å². The van der Waals surface area contributed by atoms with Crippen LogP contribution in [0, 0.1) is 0 Å². The quantitative estimate of drug-likeness (QED) is 0.852. The van der Waals surface area contributed by atoms with E-state index in [0.29, 0.717) is 38.2 Å². The minimum Gasteiger partial charge on any atom is -0.386 e. The molecule has 3 rings (SSSR count). The van der Waals surface area contributed by atoms with Gasteiger partial charge in [0.1, 0.15) is 5.71 Å². The van der Waals surface area contributed by atoms with Gasteiger partial charge in [0.15, 0.2) is 5.60 Å². The van der Waals surface area contributed by atoms with E-state index in [2.05, 4.69) is 20.8 Å². The fourth-order valence-electron chi connectivity index (χ4n) is 3.01. The van der Waals surface area contributed by atoms with Gasteiger partial charge < -0.3 is 20.4 Å². The molecular formula is C17H23N5O3. The zero-order valence-electron chi connectivity index (χ0n) is 14.5. The van der Waals surface area contributed by atoms with Crippen LogP contribution in [0.25, 0.3) is 0 Å². The second-order valence-corrected chi connectivity index (χ2v) is 6.81. The van der Waals surface area contributed by atoms with Gasteiger partial charge in [-0.2, -0.15) is 0 Å². The van der Waals surface area contributed by atoms with Gasteiger partial charge in [0, 0.05) is 44.4 Å². The van der Waals surface area contributed by atoms with Gasteiger partial charge in [-0.05, 0) is 25.5 Å². The van der Waals surface area contributed by atoms with E-state index in [1.54, 1.807) is 17.3 Å². The van der Waals surface area contributed by atoms with Crippen LogP contribution >= 0.6 is 0 Å². The lowest BCUT2D eigenvalue weighted by molar-refractivity contribution is -0.115. The number of rotatable bonds is 4. The molecule has 1 spiro atoms. The minimum absolute atomic E-state index is 0.0820. The molecule has 1 fully saturated rings. The Morgan fingerprint density at radius 3 is 3.00 bits per heavy atom. The molecule has 134 valence electrons. The number of urea groups is 1. The van der Waals surface area contributed by atoms with Gasteiger partial charge in [-0.1, -0.05) is 11.2 Å². The highest BCUT2D eigenvalue weighted by molar-refractivity contribution is 6.39. The van der Waals surface area contributed by atoms with Crippen LogP contribution in [-0.2, 0) is 16.2 Å². The van der Waals surface area contributed by atoms with Gasteiger partial charge in [-0.25, -0.2) is 4.79 Å². The van der Waals surface area contributed by atoms with Gasteiger partial charge in [0.05, 0.1) is 6.54 Å². The highest BCUT2D eigenvalue weighted by Gasteiger charge is 2.47. The van der Waals surface area contributed by atoms with Gasteiger partial charge in [-0.3, -0.25) is 9.78 Å². The second-order valence-electron chi connectivity index (χ2n) is 6.81. The fourth-order valence-corrected chi connectivity index (χ4v) is 3.01. The van der Waals surface area contributed by atoms with E-state index < -0.39 is 5.60 Å². The monoisotopic (exact) mass is 345 g/mol. The molecule has 3 heterocycles. The molecule has 0 radical (unpaired) electrons. The number of nitrogens with one attached hydrogen (secondary N) is 2. The third-order valence-electron chi connectivity index (χ3n) is 4.29. The lowest BCUT2D eigenvalue weighted by Gasteiger charge is -2.22. The van der Waals surface area contributed by atoms with Gasteiger partial charge >= 0.3 is 6.03 Å². The van der Waals surface area contributed by atoms with Crippen molar-refractivity contribution in [3.63, 3.8) is 0 Å². The van der Waals surface area contributed by atoms with E-state index in [4.69, 9.17) is 4.84 Å². The van der Waals surface area contributed by atoms with Crippen LogP contribution in [0.15, 0.2) is 29.7 Å². The first-order valence-electron chi connectivity index (χ1n) is 8.45. The van der Waals surface area contributed by atoms with E-state index in [9.17, 15) is 9.59 Å². The van der Waals surface area contributed by atoms with Crippen LogP contribution in [0.3, 0.4) is 0 Å².